The first-order valence-corrected chi connectivity index (χ1v) is 12.1. The Morgan fingerprint density at radius 1 is 1.18 bits per heavy atom. The summed E-state index contributed by atoms with van der Waals surface area (Å²) in [6.07, 6.45) is 1.40. The van der Waals surface area contributed by atoms with Crippen molar-refractivity contribution in [2.45, 2.75) is 42.7 Å². The number of hydrogen-bond donors (Lipinski definition) is 2. The molecule has 0 bridgehead atoms. The first-order chi connectivity index (χ1) is 15.7. The molecule has 0 saturated carbocycles. The number of benzene rings is 2. The normalized spacial score (nSPS) is 20.7. The van der Waals surface area contributed by atoms with E-state index in [4.69, 9.17) is 10.2 Å². The average Bonchev–Trinajstić information content (AvgIpc) is 3.37. The fourth-order valence-electron chi connectivity index (χ4n) is 4.64. The molecule has 3 aromatic rings. The van der Waals surface area contributed by atoms with Gasteiger partial charge < -0.3 is 20.2 Å². The minimum Gasteiger partial charge on any atom is -0.452 e. The highest BCUT2D eigenvalue weighted by Crippen LogP contribution is 2.42. The maximum absolute atomic E-state index is 13.3. The van der Waals surface area contributed by atoms with Crippen molar-refractivity contribution in [3.8, 4) is 5.75 Å². The van der Waals surface area contributed by atoms with Gasteiger partial charge in [-0.2, -0.15) is 13.1 Å². The zero-order valence-electron chi connectivity index (χ0n) is 17.6. The molecule has 176 valence electrons. The zero-order chi connectivity index (χ0) is 23.3. The molecule has 8 nitrogen and oxygen atoms in total. The van der Waals surface area contributed by atoms with E-state index in [0.29, 0.717) is 54.4 Å². The number of amides is 1. The number of nitrogens with zero attached hydrogens (tertiary/aromatic N) is 1. The van der Waals surface area contributed by atoms with Gasteiger partial charge in [-0.05, 0) is 42.7 Å². The Bertz CT molecular complexity index is 1330. The van der Waals surface area contributed by atoms with Gasteiger partial charge in [-0.15, -0.1) is 0 Å². The number of nitrogens with one attached hydrogen (secondary N) is 1. The van der Waals surface area contributed by atoms with Crippen molar-refractivity contribution >= 4 is 37.9 Å². The minimum atomic E-state index is -3.77. The van der Waals surface area contributed by atoms with E-state index in [1.807, 2.05) is 0 Å². The third kappa shape index (κ3) is 3.94. The van der Waals surface area contributed by atoms with E-state index in [0.717, 1.165) is 0 Å². The molecule has 5 rings (SSSR count). The van der Waals surface area contributed by atoms with E-state index in [-0.39, 0.29) is 40.5 Å². The molecule has 33 heavy (non-hydrogen) atoms. The van der Waals surface area contributed by atoms with Gasteiger partial charge in [0.15, 0.2) is 11.3 Å². The molecule has 2 aliphatic heterocycles. The fourth-order valence-corrected chi connectivity index (χ4v) is 6.14. The van der Waals surface area contributed by atoms with E-state index in [9.17, 15) is 22.0 Å². The van der Waals surface area contributed by atoms with Crippen LogP contribution in [0.1, 0.15) is 30.7 Å². The summed E-state index contributed by atoms with van der Waals surface area (Å²) in [5, 5.41) is 3.71. The van der Waals surface area contributed by atoms with Gasteiger partial charge >= 0.3 is 6.61 Å². The highest BCUT2D eigenvalue weighted by Gasteiger charge is 2.31. The van der Waals surface area contributed by atoms with Crippen molar-refractivity contribution in [2.75, 3.05) is 19.6 Å². The first kappa shape index (κ1) is 22.1. The molecule has 2 aliphatic rings. The highest BCUT2D eigenvalue weighted by molar-refractivity contribution is 7.89. The number of fused-ring (bicyclic) bond motifs is 3. The molecule has 0 radical (unpaired) electrons. The van der Waals surface area contributed by atoms with Crippen LogP contribution in [-0.4, -0.2) is 50.9 Å². The highest BCUT2D eigenvalue weighted by atomic mass is 32.2. The van der Waals surface area contributed by atoms with Crippen LogP contribution in [0, 0.1) is 0 Å². The molecule has 3 heterocycles. The molecule has 0 spiro atoms. The monoisotopic (exact) mass is 479 g/mol. The third-order valence-corrected chi connectivity index (χ3v) is 8.25. The lowest BCUT2D eigenvalue weighted by Gasteiger charge is -2.29. The van der Waals surface area contributed by atoms with Crippen LogP contribution in [-0.2, 0) is 14.8 Å². The Kier molecular flexibility index (Phi) is 5.50. The number of carbonyl (C=O) groups is 1. The third-order valence-electron chi connectivity index (χ3n) is 6.36. The minimum absolute atomic E-state index is 0.0182. The summed E-state index contributed by atoms with van der Waals surface area (Å²) < 4.78 is 64.4. The number of sulfonamides is 1. The summed E-state index contributed by atoms with van der Waals surface area (Å²) in [4.78, 5) is 11.9. The summed E-state index contributed by atoms with van der Waals surface area (Å²) in [5.41, 5.74) is 7.06. The quantitative estimate of drug-likeness (QED) is 0.582. The Balaban J connectivity index is 1.67. The van der Waals surface area contributed by atoms with Crippen molar-refractivity contribution in [2.24, 2.45) is 5.73 Å². The smallest absolute Gasteiger partial charge is 0.387 e. The fraction of sp³-hybridized carbons (Fsp3) is 0.409. The number of carbonyl (C=O) groups excluding carboxylic acids is 1. The lowest BCUT2D eigenvalue weighted by molar-refractivity contribution is -0.119. The largest absolute Gasteiger partial charge is 0.452 e. The second kappa shape index (κ2) is 8.23. The lowest BCUT2D eigenvalue weighted by Crippen LogP contribution is -2.42. The van der Waals surface area contributed by atoms with Crippen molar-refractivity contribution in [1.29, 1.82) is 0 Å². The van der Waals surface area contributed by atoms with Gasteiger partial charge in [0.1, 0.15) is 5.58 Å². The van der Waals surface area contributed by atoms with Crippen molar-refractivity contribution < 1.29 is 31.1 Å². The number of halogens is 2. The number of nitrogens with two attached hydrogens (primary N) is 1. The average molecular weight is 480 g/mol. The van der Waals surface area contributed by atoms with E-state index >= 15 is 0 Å². The Hall–Kier alpha value is -2.76. The number of hydrogen-bond acceptors (Lipinski definition) is 6. The standard InChI is InChI=1S/C22H23F2N3O5S/c23-22(24)32-18-4-2-15(12-9-19(28)26-11-12)20-16-10-14(1-3-17(16)31-21(18)20)33(29,30)27-7-5-13(25)6-8-27/h1-4,10,12-13,22H,5-9,11,25H2,(H,26,28). The van der Waals surface area contributed by atoms with Gasteiger partial charge in [0.05, 0.1) is 4.90 Å². The predicted octanol–water partition coefficient (Wildman–Crippen LogP) is 2.90. The topological polar surface area (TPSA) is 115 Å². The van der Waals surface area contributed by atoms with Crippen molar-refractivity contribution in [1.82, 2.24) is 9.62 Å². The molecule has 1 amide bonds. The summed E-state index contributed by atoms with van der Waals surface area (Å²) >= 11 is 0. The van der Waals surface area contributed by atoms with Crippen LogP contribution in [0.15, 0.2) is 39.6 Å². The van der Waals surface area contributed by atoms with Crippen LogP contribution in [0.2, 0.25) is 0 Å². The van der Waals surface area contributed by atoms with E-state index in [2.05, 4.69) is 10.1 Å². The molecular weight excluding hydrogens is 456 g/mol. The molecule has 1 unspecified atom stereocenters. The van der Waals surface area contributed by atoms with Crippen LogP contribution in [0.4, 0.5) is 8.78 Å². The van der Waals surface area contributed by atoms with Gasteiger partial charge in [0, 0.05) is 48.8 Å². The summed E-state index contributed by atoms with van der Waals surface area (Å²) in [7, 11) is -3.77. The summed E-state index contributed by atoms with van der Waals surface area (Å²) in [5.74, 6) is -0.461. The van der Waals surface area contributed by atoms with Gasteiger partial charge in [0.25, 0.3) is 0 Å². The molecule has 1 atom stereocenters. The molecule has 2 fully saturated rings. The van der Waals surface area contributed by atoms with Gasteiger partial charge in [-0.1, -0.05) is 6.07 Å². The van der Waals surface area contributed by atoms with Crippen molar-refractivity contribution in [3.63, 3.8) is 0 Å². The number of ether oxygens (including phenoxy) is 1. The Labute approximate surface area is 188 Å². The molecule has 3 N–H and O–H groups in total. The maximum Gasteiger partial charge on any atom is 0.387 e. The zero-order valence-corrected chi connectivity index (χ0v) is 18.4. The number of alkyl halides is 2. The lowest BCUT2D eigenvalue weighted by atomic mass is 9.93. The van der Waals surface area contributed by atoms with E-state index in [1.165, 1.54) is 28.6 Å². The number of rotatable bonds is 5. The number of furan rings is 1. The molecule has 0 aliphatic carbocycles. The molecule has 1 aromatic heterocycles. The van der Waals surface area contributed by atoms with E-state index in [1.54, 1.807) is 6.07 Å². The van der Waals surface area contributed by atoms with Crippen LogP contribution < -0.4 is 15.8 Å². The van der Waals surface area contributed by atoms with Crippen molar-refractivity contribution in [3.05, 3.63) is 35.9 Å². The predicted molar refractivity (Wildman–Crippen MR) is 117 cm³/mol. The molecule has 2 aromatic carbocycles. The van der Waals surface area contributed by atoms with Crippen LogP contribution in [0.25, 0.3) is 21.9 Å². The Morgan fingerprint density at radius 3 is 2.61 bits per heavy atom. The maximum atomic E-state index is 13.3. The van der Waals surface area contributed by atoms with Crippen LogP contribution in [0.3, 0.4) is 0 Å². The summed E-state index contributed by atoms with van der Waals surface area (Å²) in [6, 6.07) is 7.48. The van der Waals surface area contributed by atoms with Gasteiger partial charge in [-0.3, -0.25) is 4.79 Å². The second-order valence-electron chi connectivity index (χ2n) is 8.44. The van der Waals surface area contributed by atoms with E-state index < -0.39 is 16.6 Å². The van der Waals surface area contributed by atoms with Crippen LogP contribution in [0.5, 0.6) is 5.75 Å². The number of piperidine rings is 1. The molecule has 2 saturated heterocycles. The Morgan fingerprint density at radius 2 is 1.94 bits per heavy atom. The second-order valence-corrected chi connectivity index (χ2v) is 10.4. The summed E-state index contributed by atoms with van der Waals surface area (Å²) in [6.45, 7) is -1.99. The molecule has 11 heteroatoms. The first-order valence-electron chi connectivity index (χ1n) is 10.7. The SMILES string of the molecule is NC1CCN(S(=O)(=O)c2ccc3oc4c(OC(F)F)ccc(C5CNC(=O)C5)c4c3c2)CC1. The van der Waals surface area contributed by atoms with Gasteiger partial charge in [-0.25, -0.2) is 8.42 Å². The molecular formula is C22H23F2N3O5S. The van der Waals surface area contributed by atoms with Crippen LogP contribution >= 0.6 is 0 Å². The van der Waals surface area contributed by atoms with Gasteiger partial charge in [0.2, 0.25) is 15.9 Å².